The van der Waals surface area contributed by atoms with Crippen LogP contribution >= 0.6 is 0 Å². The van der Waals surface area contributed by atoms with Gasteiger partial charge in [0.1, 0.15) is 6.04 Å². The monoisotopic (exact) mass is 307 g/mol. The molecule has 0 bridgehead atoms. The van der Waals surface area contributed by atoms with Gasteiger partial charge in [0.15, 0.2) is 0 Å². The smallest absolute Gasteiger partial charge is 0.335 e. The number of rotatable bonds is 9. The van der Waals surface area contributed by atoms with Gasteiger partial charge in [-0.05, 0) is 44.0 Å². The number of hydrogen-bond acceptors (Lipinski definition) is 4. The minimum Gasteiger partial charge on any atom is -0.478 e. The average Bonchev–Trinajstić information content (AvgIpc) is 2.48. The highest BCUT2D eigenvalue weighted by Gasteiger charge is 2.25. The van der Waals surface area contributed by atoms with Gasteiger partial charge >= 0.3 is 11.9 Å². The standard InChI is InChI=1S/C17H25NO4/c1-4-10-18(15(5-2)17(21)22-6-3)12-13-8-7-9-14(11-13)16(19)20/h7-9,11,15H,4-6,10,12H2,1-3H3,(H,19,20). The number of hydrogen-bond donors (Lipinski definition) is 1. The van der Waals surface area contributed by atoms with Crippen LogP contribution in [0, 0.1) is 0 Å². The normalized spacial score (nSPS) is 12.2. The molecule has 0 aliphatic heterocycles. The number of carbonyl (C=O) groups excluding carboxylic acids is 1. The lowest BCUT2D eigenvalue weighted by Gasteiger charge is -2.29. The summed E-state index contributed by atoms with van der Waals surface area (Å²) in [6.45, 7) is 7.46. The maximum absolute atomic E-state index is 12.1. The molecule has 0 aliphatic carbocycles. The Morgan fingerprint density at radius 1 is 1.27 bits per heavy atom. The highest BCUT2D eigenvalue weighted by Crippen LogP contribution is 2.14. The maximum atomic E-state index is 12.1. The van der Waals surface area contributed by atoms with Crippen LogP contribution in [0.1, 0.15) is 49.5 Å². The van der Waals surface area contributed by atoms with Crippen molar-refractivity contribution in [3.63, 3.8) is 0 Å². The van der Waals surface area contributed by atoms with Gasteiger partial charge in [-0.3, -0.25) is 9.69 Å². The topological polar surface area (TPSA) is 66.8 Å². The zero-order valence-corrected chi connectivity index (χ0v) is 13.5. The van der Waals surface area contributed by atoms with E-state index in [4.69, 9.17) is 9.84 Å². The summed E-state index contributed by atoms with van der Waals surface area (Å²) in [6, 6.07) is 6.54. The maximum Gasteiger partial charge on any atom is 0.335 e. The molecule has 1 aromatic rings. The van der Waals surface area contributed by atoms with Crippen LogP contribution in [-0.4, -0.2) is 41.1 Å². The van der Waals surface area contributed by atoms with Crippen molar-refractivity contribution in [2.24, 2.45) is 0 Å². The second-order valence-corrected chi connectivity index (χ2v) is 5.15. The van der Waals surface area contributed by atoms with Crippen molar-refractivity contribution in [2.75, 3.05) is 13.2 Å². The summed E-state index contributed by atoms with van der Waals surface area (Å²) >= 11 is 0. The predicted octanol–water partition coefficient (Wildman–Crippen LogP) is 2.94. The quantitative estimate of drug-likeness (QED) is 0.710. The van der Waals surface area contributed by atoms with E-state index in [9.17, 15) is 9.59 Å². The molecule has 0 fully saturated rings. The van der Waals surface area contributed by atoms with Crippen molar-refractivity contribution in [2.45, 2.75) is 46.2 Å². The molecule has 1 N–H and O–H groups in total. The third-order valence-electron chi connectivity index (χ3n) is 3.46. The molecule has 1 atom stereocenters. The summed E-state index contributed by atoms with van der Waals surface area (Å²) in [5, 5.41) is 9.07. The number of aromatic carboxylic acids is 1. The molecule has 0 radical (unpaired) electrons. The molecule has 1 rings (SSSR count). The van der Waals surface area contributed by atoms with Gasteiger partial charge < -0.3 is 9.84 Å². The summed E-state index contributed by atoms with van der Waals surface area (Å²) in [5.74, 6) is -1.16. The fraction of sp³-hybridized carbons (Fsp3) is 0.529. The van der Waals surface area contributed by atoms with E-state index in [1.807, 2.05) is 13.0 Å². The molecule has 22 heavy (non-hydrogen) atoms. The lowest BCUT2D eigenvalue weighted by molar-refractivity contribution is -0.150. The Morgan fingerprint density at radius 3 is 2.55 bits per heavy atom. The van der Waals surface area contributed by atoms with Crippen molar-refractivity contribution >= 4 is 11.9 Å². The Balaban J connectivity index is 2.92. The molecule has 5 nitrogen and oxygen atoms in total. The molecule has 0 aliphatic rings. The minimum absolute atomic E-state index is 0.215. The number of esters is 1. The summed E-state index contributed by atoms with van der Waals surface area (Å²) in [7, 11) is 0. The Hall–Kier alpha value is -1.88. The van der Waals surface area contributed by atoms with Gasteiger partial charge in [0.2, 0.25) is 0 Å². The largest absolute Gasteiger partial charge is 0.478 e. The lowest BCUT2D eigenvalue weighted by Crippen LogP contribution is -2.41. The van der Waals surface area contributed by atoms with Crippen LogP contribution < -0.4 is 0 Å². The Labute approximate surface area is 131 Å². The molecular weight excluding hydrogens is 282 g/mol. The first-order chi connectivity index (χ1) is 10.5. The highest BCUT2D eigenvalue weighted by molar-refractivity contribution is 5.87. The van der Waals surface area contributed by atoms with E-state index in [1.54, 1.807) is 25.1 Å². The van der Waals surface area contributed by atoms with Crippen molar-refractivity contribution in [3.05, 3.63) is 35.4 Å². The third-order valence-corrected chi connectivity index (χ3v) is 3.46. The fourth-order valence-electron chi connectivity index (χ4n) is 2.48. The van der Waals surface area contributed by atoms with Crippen LogP contribution in [0.5, 0.6) is 0 Å². The molecule has 1 unspecified atom stereocenters. The predicted molar refractivity (Wildman–Crippen MR) is 84.8 cm³/mol. The van der Waals surface area contributed by atoms with Crippen molar-refractivity contribution in [3.8, 4) is 0 Å². The van der Waals surface area contributed by atoms with Crippen LogP contribution in [0.3, 0.4) is 0 Å². The SMILES string of the molecule is CCCN(Cc1cccc(C(=O)O)c1)C(CC)C(=O)OCC. The molecule has 0 saturated heterocycles. The van der Waals surface area contributed by atoms with Crippen molar-refractivity contribution in [1.29, 1.82) is 0 Å². The van der Waals surface area contributed by atoms with Gasteiger partial charge in [-0.2, -0.15) is 0 Å². The molecule has 0 saturated carbocycles. The van der Waals surface area contributed by atoms with Gasteiger partial charge in [-0.25, -0.2) is 4.79 Å². The number of carbonyl (C=O) groups is 2. The van der Waals surface area contributed by atoms with Crippen LogP contribution in [0.25, 0.3) is 0 Å². The first-order valence-electron chi connectivity index (χ1n) is 7.76. The van der Waals surface area contributed by atoms with Gasteiger partial charge in [-0.15, -0.1) is 0 Å². The molecular formula is C17H25NO4. The number of ether oxygens (including phenoxy) is 1. The summed E-state index contributed by atoms with van der Waals surface area (Å²) in [5.41, 5.74) is 1.15. The van der Waals surface area contributed by atoms with E-state index >= 15 is 0 Å². The Morgan fingerprint density at radius 2 is 2.00 bits per heavy atom. The van der Waals surface area contributed by atoms with Gasteiger partial charge in [0.05, 0.1) is 12.2 Å². The second-order valence-electron chi connectivity index (χ2n) is 5.15. The van der Waals surface area contributed by atoms with E-state index < -0.39 is 5.97 Å². The Bertz CT molecular complexity index is 501. The third kappa shape index (κ3) is 5.15. The number of carboxylic acids is 1. The van der Waals surface area contributed by atoms with E-state index in [-0.39, 0.29) is 17.6 Å². The lowest BCUT2D eigenvalue weighted by atomic mass is 10.1. The number of nitrogens with zero attached hydrogens (tertiary/aromatic N) is 1. The number of carboxylic acid groups (broad SMARTS) is 1. The molecule has 0 amide bonds. The molecule has 122 valence electrons. The van der Waals surface area contributed by atoms with Crippen LogP contribution in [0.4, 0.5) is 0 Å². The van der Waals surface area contributed by atoms with Crippen LogP contribution in [-0.2, 0) is 16.1 Å². The van der Waals surface area contributed by atoms with Gasteiger partial charge in [-0.1, -0.05) is 26.0 Å². The average molecular weight is 307 g/mol. The van der Waals surface area contributed by atoms with E-state index in [0.717, 1.165) is 18.5 Å². The van der Waals surface area contributed by atoms with Gasteiger partial charge in [0.25, 0.3) is 0 Å². The second kappa shape index (κ2) is 9.20. The molecule has 0 aromatic heterocycles. The first kappa shape index (κ1) is 18.2. The molecule has 1 aromatic carbocycles. The van der Waals surface area contributed by atoms with E-state index in [0.29, 0.717) is 19.6 Å². The molecule has 0 heterocycles. The molecule has 0 spiro atoms. The van der Waals surface area contributed by atoms with E-state index in [2.05, 4.69) is 11.8 Å². The van der Waals surface area contributed by atoms with Crippen molar-refractivity contribution in [1.82, 2.24) is 4.90 Å². The van der Waals surface area contributed by atoms with Gasteiger partial charge in [0, 0.05) is 6.54 Å². The number of benzene rings is 1. The van der Waals surface area contributed by atoms with E-state index in [1.165, 1.54) is 0 Å². The summed E-state index contributed by atoms with van der Waals surface area (Å²) < 4.78 is 5.15. The Kier molecular flexibility index (Phi) is 7.60. The highest BCUT2D eigenvalue weighted by atomic mass is 16.5. The van der Waals surface area contributed by atoms with Crippen LogP contribution in [0.15, 0.2) is 24.3 Å². The molecule has 5 heteroatoms. The zero-order valence-electron chi connectivity index (χ0n) is 13.5. The fourth-order valence-corrected chi connectivity index (χ4v) is 2.48. The van der Waals surface area contributed by atoms with Crippen LogP contribution in [0.2, 0.25) is 0 Å². The zero-order chi connectivity index (χ0) is 16.5. The summed E-state index contributed by atoms with van der Waals surface area (Å²) in [6.07, 6.45) is 1.58. The summed E-state index contributed by atoms with van der Waals surface area (Å²) in [4.78, 5) is 25.2. The van der Waals surface area contributed by atoms with Crippen molar-refractivity contribution < 1.29 is 19.4 Å². The first-order valence-corrected chi connectivity index (χ1v) is 7.76. The minimum atomic E-state index is -0.943.